The predicted molar refractivity (Wildman–Crippen MR) is 280 cm³/mol. The van der Waals surface area contributed by atoms with E-state index in [0.29, 0.717) is 65.7 Å². The number of piperidine rings is 1. The second-order valence-corrected chi connectivity index (χ2v) is 22.4. The predicted octanol–water partition coefficient (Wildman–Crippen LogP) is 9.97. The van der Waals surface area contributed by atoms with Crippen molar-refractivity contribution in [2.24, 2.45) is 17.9 Å². The van der Waals surface area contributed by atoms with E-state index in [-0.39, 0.29) is 40.5 Å². The highest BCUT2D eigenvalue weighted by Crippen LogP contribution is 2.56. The Balaban J connectivity index is 0.756. The molecule has 2 aliphatic carbocycles. The van der Waals surface area contributed by atoms with Crippen LogP contribution < -0.4 is 24.6 Å². The number of ether oxygens (including phenoxy) is 2. The van der Waals surface area contributed by atoms with Crippen molar-refractivity contribution in [3.63, 3.8) is 0 Å². The number of carbonyl (C=O) groups is 1. The van der Waals surface area contributed by atoms with Gasteiger partial charge in [0.15, 0.2) is 5.82 Å². The lowest BCUT2D eigenvalue weighted by atomic mass is 9.49. The van der Waals surface area contributed by atoms with E-state index in [1.165, 1.54) is 11.4 Å². The summed E-state index contributed by atoms with van der Waals surface area (Å²) < 4.78 is 45.5. The third-order valence-corrected chi connectivity index (χ3v) is 17.2. The molecule has 3 aromatic carbocycles. The molecule has 2 aromatic heterocycles. The first-order chi connectivity index (χ1) is 35.0. The Morgan fingerprint density at radius 2 is 1.66 bits per heavy atom. The number of aryl methyl sites for hydroxylation is 2. The minimum Gasteiger partial charge on any atom is -0.495 e. The van der Waals surface area contributed by atoms with Crippen LogP contribution in [0.25, 0.3) is 11.1 Å². The van der Waals surface area contributed by atoms with Gasteiger partial charge in [-0.05, 0) is 118 Å². The first-order valence-electron chi connectivity index (χ1n) is 26.2. The monoisotopic (exact) mass is 996 g/mol. The zero-order valence-corrected chi connectivity index (χ0v) is 43.7. The van der Waals surface area contributed by atoms with Gasteiger partial charge in [-0.3, -0.25) is 19.6 Å². The second kappa shape index (κ2) is 19.8. The quantitative estimate of drug-likeness (QED) is 0.0916. The van der Waals surface area contributed by atoms with E-state index in [4.69, 9.17) is 20.0 Å². The Kier molecular flexibility index (Phi) is 13.6. The molecule has 0 radical (unpaired) electrons. The number of rotatable bonds is 12. The summed E-state index contributed by atoms with van der Waals surface area (Å²) in [6.45, 7) is 14.0. The molecule has 1 saturated heterocycles. The van der Waals surface area contributed by atoms with Crippen molar-refractivity contribution in [1.82, 2.24) is 34.7 Å². The van der Waals surface area contributed by atoms with Crippen LogP contribution in [-0.4, -0.2) is 106 Å². The van der Waals surface area contributed by atoms with E-state index in [1.54, 1.807) is 56.4 Å². The Labute approximate surface area is 428 Å². The van der Waals surface area contributed by atoms with E-state index in [2.05, 4.69) is 94.9 Å². The molecule has 5 heterocycles. The molecule has 386 valence electrons. The number of nitrogens with one attached hydrogen (secondary N) is 2. The fourth-order valence-electron chi connectivity index (χ4n) is 13.5. The van der Waals surface area contributed by atoms with Crippen molar-refractivity contribution in [3.8, 4) is 28.7 Å². The molecule has 1 amide bonds. The summed E-state index contributed by atoms with van der Waals surface area (Å²) >= 11 is 0. The van der Waals surface area contributed by atoms with E-state index in [9.17, 15) is 18.8 Å². The highest BCUT2D eigenvalue weighted by atomic mass is 19.3. The van der Waals surface area contributed by atoms with Gasteiger partial charge in [-0.25, -0.2) is 8.78 Å². The first-order valence-corrected chi connectivity index (χ1v) is 26.2. The number of benzene rings is 3. The number of hydrogen-bond acceptors (Lipinski definition) is 10. The smallest absolute Gasteiger partial charge is 0.264 e. The lowest BCUT2D eigenvalue weighted by Gasteiger charge is -2.63. The van der Waals surface area contributed by atoms with E-state index in [0.717, 1.165) is 99.1 Å². The first kappa shape index (κ1) is 50.1. The molecule has 3 aliphatic heterocycles. The highest BCUT2D eigenvalue weighted by molar-refractivity contribution is 5.97. The molecule has 10 rings (SSSR count). The van der Waals surface area contributed by atoms with Gasteiger partial charge in [0.2, 0.25) is 5.91 Å². The minimum atomic E-state index is -2.65. The van der Waals surface area contributed by atoms with Gasteiger partial charge in [0.05, 0.1) is 31.5 Å². The van der Waals surface area contributed by atoms with Crippen molar-refractivity contribution in [2.75, 3.05) is 50.1 Å². The van der Waals surface area contributed by atoms with Crippen molar-refractivity contribution >= 4 is 28.9 Å². The Bertz CT molecular complexity index is 2890. The van der Waals surface area contributed by atoms with E-state index < -0.39 is 6.43 Å². The average Bonchev–Trinajstić information content (AvgIpc) is 4.02. The van der Waals surface area contributed by atoms with Crippen molar-refractivity contribution in [3.05, 3.63) is 101 Å². The third-order valence-electron chi connectivity index (χ3n) is 17.2. The van der Waals surface area contributed by atoms with Crippen LogP contribution in [0.3, 0.4) is 0 Å². The molecule has 0 spiro atoms. The van der Waals surface area contributed by atoms with Gasteiger partial charge >= 0.3 is 0 Å². The van der Waals surface area contributed by atoms with Crippen LogP contribution in [0.1, 0.15) is 126 Å². The van der Waals surface area contributed by atoms with Gasteiger partial charge < -0.3 is 34.4 Å². The van der Waals surface area contributed by atoms with Crippen LogP contribution in [0.5, 0.6) is 11.5 Å². The summed E-state index contributed by atoms with van der Waals surface area (Å²) in [5, 5.41) is 31.8. The summed E-state index contributed by atoms with van der Waals surface area (Å²) in [6.07, 6.45) is 9.36. The molecule has 16 heteroatoms. The lowest BCUT2D eigenvalue weighted by molar-refractivity contribution is -0.162. The molecular formula is C57H71F2N11O3. The third kappa shape index (κ3) is 9.31. The highest BCUT2D eigenvalue weighted by Gasteiger charge is 2.64. The summed E-state index contributed by atoms with van der Waals surface area (Å²) in [6, 6.07) is 20.7. The lowest BCUT2D eigenvalue weighted by Crippen LogP contribution is -2.74. The maximum absolute atomic E-state index is 14.8. The van der Waals surface area contributed by atoms with Crippen LogP contribution in [0.15, 0.2) is 67.0 Å². The molecule has 73 heavy (non-hydrogen) atoms. The molecule has 0 bridgehead atoms. The normalized spacial score (nSPS) is 22.6. The number of amidine groups is 1. The SMILES string of the molecule is COc1cc(OC2C(C)(C)C(NC(=N)c3ccc(N4CCC(N(C)C5CCC(n6nc(N7CCCc8cc(-c9cnn(C)c9)c(C(F)F)cc87)c7c6CCN(C(C)=O)C7)CC5)CC4)cc3)C2(C)C)ccc1C#N. The summed E-state index contributed by atoms with van der Waals surface area (Å²) in [4.78, 5) is 21.9. The molecular weight excluding hydrogens is 925 g/mol. The molecule has 3 fully saturated rings. The van der Waals surface area contributed by atoms with Gasteiger partial charge in [0, 0.05) is 127 Å². The van der Waals surface area contributed by atoms with Crippen LogP contribution in [0.2, 0.25) is 0 Å². The van der Waals surface area contributed by atoms with Gasteiger partial charge in [-0.1, -0.05) is 27.7 Å². The number of anilines is 3. The minimum absolute atomic E-state index is 0.00303. The molecule has 2 N–H and O–H groups in total. The van der Waals surface area contributed by atoms with Gasteiger partial charge in [-0.2, -0.15) is 15.5 Å². The number of carbonyl (C=O) groups excluding carboxylic acids is 1. The van der Waals surface area contributed by atoms with Gasteiger partial charge in [0.25, 0.3) is 6.43 Å². The standard InChI is InChI=1S/C57H71F2N11O3/c1-35(71)68-27-23-48-47(34-68)53(69-24-9-10-37-28-45(39-32-62-65(6)33-39)46(51(58)59)30-49(37)69)64-70(48)43-18-16-40(17-19-43)66(7)41-21-25-67(26-22-41)42-14-11-36(12-15-42)52(61)63-54-56(2,3)55(57(54,4)5)73-44-20-13-38(31-60)50(29-44)72-8/h11-15,20,28-30,32-33,40-41,43,51,54-55H,9-10,16-19,21-27,34H2,1-8H3,(H2,61,63). The molecule has 5 aliphatic rings. The molecule has 0 atom stereocenters. The van der Waals surface area contributed by atoms with Gasteiger partial charge in [0.1, 0.15) is 29.5 Å². The fraction of sp³-hybridized carbons (Fsp3) is 0.526. The Morgan fingerprint density at radius 3 is 2.30 bits per heavy atom. The van der Waals surface area contributed by atoms with Crippen molar-refractivity contribution in [2.45, 2.75) is 136 Å². The zero-order valence-electron chi connectivity index (χ0n) is 43.7. The number of halogens is 2. The van der Waals surface area contributed by atoms with Crippen LogP contribution in [-0.2, 0) is 31.2 Å². The number of amides is 1. The summed E-state index contributed by atoms with van der Waals surface area (Å²) in [5.74, 6) is 2.38. The fourth-order valence-corrected chi connectivity index (χ4v) is 13.5. The zero-order chi connectivity index (χ0) is 51.5. The van der Waals surface area contributed by atoms with E-state index in [1.807, 2.05) is 17.0 Å². The number of methoxy groups -OCH3 is 1. The van der Waals surface area contributed by atoms with E-state index >= 15 is 0 Å². The summed E-state index contributed by atoms with van der Waals surface area (Å²) in [7, 11) is 5.66. The topological polar surface area (TPSA) is 144 Å². The van der Waals surface area contributed by atoms with Crippen LogP contribution >= 0.6 is 0 Å². The van der Waals surface area contributed by atoms with Crippen molar-refractivity contribution in [1.29, 1.82) is 10.7 Å². The van der Waals surface area contributed by atoms with Crippen LogP contribution in [0.4, 0.5) is 26.0 Å². The maximum atomic E-state index is 14.8. The average molecular weight is 996 g/mol. The number of aromatic nitrogens is 4. The molecule has 5 aromatic rings. The maximum Gasteiger partial charge on any atom is 0.264 e. The Hall–Kier alpha value is -6.47. The number of nitriles is 1. The van der Waals surface area contributed by atoms with Gasteiger partial charge in [-0.15, -0.1) is 0 Å². The number of alkyl halides is 2. The van der Waals surface area contributed by atoms with Crippen molar-refractivity contribution < 1.29 is 23.0 Å². The van der Waals surface area contributed by atoms with Crippen LogP contribution in [0, 0.1) is 27.6 Å². The molecule has 0 unspecified atom stereocenters. The largest absolute Gasteiger partial charge is 0.495 e. The number of hydrogen-bond donors (Lipinski definition) is 2. The molecule has 2 saturated carbocycles. The number of nitrogens with zero attached hydrogens (tertiary/aromatic N) is 9. The molecule has 14 nitrogen and oxygen atoms in total. The summed E-state index contributed by atoms with van der Waals surface area (Å²) in [5.41, 5.74) is 7.18. The second-order valence-electron chi connectivity index (χ2n) is 22.4. The number of fused-ring (bicyclic) bond motifs is 2. The Morgan fingerprint density at radius 1 is 0.945 bits per heavy atom.